The Kier molecular flexibility index (Phi) is 3.78. The molecule has 17 heavy (non-hydrogen) atoms. The highest BCUT2D eigenvalue weighted by Gasteiger charge is 1.98. The molecule has 0 heterocycles. The van der Waals surface area contributed by atoms with Gasteiger partial charge in [-0.15, -0.1) is 0 Å². The predicted octanol–water partition coefficient (Wildman–Crippen LogP) is 3.32. The molecule has 0 aliphatic rings. The lowest BCUT2D eigenvalue weighted by Gasteiger charge is -2.07. The van der Waals surface area contributed by atoms with Crippen molar-refractivity contribution < 1.29 is 9.84 Å². The summed E-state index contributed by atoms with van der Waals surface area (Å²) in [5, 5.41) is 8.82. The minimum absolute atomic E-state index is 0.179. The van der Waals surface area contributed by atoms with E-state index in [1.165, 1.54) is 5.56 Å². The Bertz CT molecular complexity index is 475. The van der Waals surface area contributed by atoms with Crippen molar-refractivity contribution in [3.63, 3.8) is 0 Å². The average Bonchev–Trinajstić information content (AvgIpc) is 2.32. The molecule has 2 aromatic rings. The lowest BCUT2D eigenvalue weighted by molar-refractivity contribution is 0.299. The van der Waals surface area contributed by atoms with Crippen LogP contribution in [-0.4, -0.2) is 11.7 Å². The van der Waals surface area contributed by atoms with Crippen LogP contribution in [0.15, 0.2) is 48.5 Å². The number of aliphatic hydroxyl groups excluding tert-OH is 1. The molecule has 0 fully saturated rings. The molecular weight excluding hydrogens is 212 g/mol. The fraction of sp³-hybridized carbons (Fsp3) is 0.200. The number of hydrogen-bond donors (Lipinski definition) is 1. The predicted molar refractivity (Wildman–Crippen MR) is 68.5 cm³/mol. The molecule has 2 heteroatoms. The minimum atomic E-state index is 0.179. The van der Waals surface area contributed by atoms with Gasteiger partial charge in [0.15, 0.2) is 0 Å². The summed E-state index contributed by atoms with van der Waals surface area (Å²) < 4.78 is 5.73. The van der Waals surface area contributed by atoms with Crippen molar-refractivity contribution in [3.05, 3.63) is 59.7 Å². The van der Waals surface area contributed by atoms with Crippen molar-refractivity contribution in [2.75, 3.05) is 6.61 Å². The summed E-state index contributed by atoms with van der Waals surface area (Å²) in [6, 6.07) is 15.8. The van der Waals surface area contributed by atoms with Crippen LogP contribution < -0.4 is 4.74 Å². The number of rotatable bonds is 4. The smallest absolute Gasteiger partial charge is 0.127 e. The van der Waals surface area contributed by atoms with E-state index in [9.17, 15) is 0 Å². The lowest BCUT2D eigenvalue weighted by Crippen LogP contribution is -1.90. The molecule has 2 aromatic carbocycles. The standard InChI is InChI=1S/C15H16O2/c1-12-3-2-4-15(11-12)17-14-7-5-13(6-8-14)9-10-16/h2-8,11,16H,9-10H2,1H3. The van der Waals surface area contributed by atoms with Gasteiger partial charge in [0.2, 0.25) is 0 Å². The third-order valence-corrected chi connectivity index (χ3v) is 2.55. The van der Waals surface area contributed by atoms with E-state index in [-0.39, 0.29) is 6.61 Å². The second kappa shape index (κ2) is 5.51. The molecule has 0 saturated carbocycles. The normalized spacial score (nSPS) is 10.2. The number of benzene rings is 2. The van der Waals surface area contributed by atoms with Crippen LogP contribution in [0.3, 0.4) is 0 Å². The largest absolute Gasteiger partial charge is 0.457 e. The summed E-state index contributed by atoms with van der Waals surface area (Å²) in [5.74, 6) is 1.66. The SMILES string of the molecule is Cc1cccc(Oc2ccc(CCO)cc2)c1. The van der Waals surface area contributed by atoms with E-state index in [1.54, 1.807) is 0 Å². The Balaban J connectivity index is 2.08. The third-order valence-electron chi connectivity index (χ3n) is 2.55. The summed E-state index contributed by atoms with van der Waals surface area (Å²) in [5.41, 5.74) is 2.29. The maximum atomic E-state index is 8.82. The lowest BCUT2D eigenvalue weighted by atomic mass is 10.1. The van der Waals surface area contributed by atoms with E-state index in [2.05, 4.69) is 0 Å². The molecule has 0 atom stereocenters. The third kappa shape index (κ3) is 3.33. The van der Waals surface area contributed by atoms with Crippen LogP contribution >= 0.6 is 0 Å². The highest BCUT2D eigenvalue weighted by Crippen LogP contribution is 2.22. The van der Waals surface area contributed by atoms with Crippen LogP contribution in [0.25, 0.3) is 0 Å². The van der Waals surface area contributed by atoms with Crippen LogP contribution in [0, 0.1) is 6.92 Å². The topological polar surface area (TPSA) is 29.5 Å². The summed E-state index contributed by atoms with van der Waals surface area (Å²) in [7, 11) is 0. The van der Waals surface area contributed by atoms with Gasteiger partial charge in [0.25, 0.3) is 0 Å². The van der Waals surface area contributed by atoms with Gasteiger partial charge in [0, 0.05) is 6.61 Å². The number of hydrogen-bond acceptors (Lipinski definition) is 2. The van der Waals surface area contributed by atoms with Gasteiger partial charge >= 0.3 is 0 Å². The number of aliphatic hydroxyl groups is 1. The average molecular weight is 228 g/mol. The Hall–Kier alpha value is -1.80. The van der Waals surface area contributed by atoms with Gasteiger partial charge in [-0.1, -0.05) is 24.3 Å². The van der Waals surface area contributed by atoms with E-state index in [0.29, 0.717) is 6.42 Å². The van der Waals surface area contributed by atoms with Crippen LogP contribution in [0.5, 0.6) is 11.5 Å². The van der Waals surface area contributed by atoms with Crippen molar-refractivity contribution in [1.29, 1.82) is 0 Å². The first-order valence-electron chi connectivity index (χ1n) is 5.72. The van der Waals surface area contributed by atoms with Gasteiger partial charge in [-0.3, -0.25) is 0 Å². The summed E-state index contributed by atoms with van der Waals surface area (Å²) in [6.45, 7) is 2.22. The van der Waals surface area contributed by atoms with Gasteiger partial charge in [0.05, 0.1) is 0 Å². The van der Waals surface area contributed by atoms with Crippen molar-refractivity contribution in [2.45, 2.75) is 13.3 Å². The van der Waals surface area contributed by atoms with E-state index in [1.807, 2.05) is 55.5 Å². The molecule has 0 unspecified atom stereocenters. The van der Waals surface area contributed by atoms with Crippen LogP contribution in [0.1, 0.15) is 11.1 Å². The van der Waals surface area contributed by atoms with Crippen LogP contribution in [0.2, 0.25) is 0 Å². The van der Waals surface area contributed by atoms with E-state index < -0.39 is 0 Å². The van der Waals surface area contributed by atoms with E-state index in [4.69, 9.17) is 9.84 Å². The van der Waals surface area contributed by atoms with Gasteiger partial charge in [-0.05, 0) is 48.7 Å². The van der Waals surface area contributed by atoms with Crippen molar-refractivity contribution >= 4 is 0 Å². The fourth-order valence-corrected chi connectivity index (χ4v) is 1.67. The molecular formula is C15H16O2. The zero-order valence-corrected chi connectivity index (χ0v) is 9.89. The van der Waals surface area contributed by atoms with Gasteiger partial charge in [-0.2, -0.15) is 0 Å². The van der Waals surface area contributed by atoms with Crippen LogP contribution in [-0.2, 0) is 6.42 Å². The molecule has 0 saturated heterocycles. The molecule has 0 aliphatic carbocycles. The molecule has 0 aliphatic heterocycles. The minimum Gasteiger partial charge on any atom is -0.457 e. The maximum absolute atomic E-state index is 8.82. The molecule has 88 valence electrons. The highest BCUT2D eigenvalue weighted by atomic mass is 16.5. The van der Waals surface area contributed by atoms with E-state index >= 15 is 0 Å². The molecule has 0 bridgehead atoms. The number of aryl methyl sites for hydroxylation is 1. The van der Waals surface area contributed by atoms with Crippen molar-refractivity contribution in [3.8, 4) is 11.5 Å². The highest BCUT2D eigenvalue weighted by molar-refractivity contribution is 5.34. The maximum Gasteiger partial charge on any atom is 0.127 e. The Morgan fingerprint density at radius 2 is 1.76 bits per heavy atom. The zero-order chi connectivity index (χ0) is 12.1. The fourth-order valence-electron chi connectivity index (χ4n) is 1.67. The molecule has 2 rings (SSSR count). The Morgan fingerprint density at radius 3 is 2.41 bits per heavy atom. The molecule has 1 N–H and O–H groups in total. The first kappa shape index (κ1) is 11.7. The van der Waals surface area contributed by atoms with Gasteiger partial charge < -0.3 is 9.84 Å². The summed E-state index contributed by atoms with van der Waals surface area (Å²) >= 11 is 0. The number of ether oxygens (including phenoxy) is 1. The zero-order valence-electron chi connectivity index (χ0n) is 9.89. The first-order valence-corrected chi connectivity index (χ1v) is 5.72. The van der Waals surface area contributed by atoms with Crippen molar-refractivity contribution in [1.82, 2.24) is 0 Å². The molecule has 2 nitrogen and oxygen atoms in total. The first-order chi connectivity index (χ1) is 8.28. The van der Waals surface area contributed by atoms with Gasteiger partial charge in [0.1, 0.15) is 11.5 Å². The molecule has 0 amide bonds. The summed E-state index contributed by atoms with van der Waals surface area (Å²) in [4.78, 5) is 0. The Morgan fingerprint density at radius 1 is 1.00 bits per heavy atom. The van der Waals surface area contributed by atoms with E-state index in [0.717, 1.165) is 17.1 Å². The quantitative estimate of drug-likeness (QED) is 0.869. The second-order valence-corrected chi connectivity index (χ2v) is 4.04. The molecule has 0 aromatic heterocycles. The summed E-state index contributed by atoms with van der Waals surface area (Å²) in [6.07, 6.45) is 0.685. The van der Waals surface area contributed by atoms with Gasteiger partial charge in [-0.25, -0.2) is 0 Å². The second-order valence-electron chi connectivity index (χ2n) is 4.04. The monoisotopic (exact) mass is 228 g/mol. The molecule has 0 radical (unpaired) electrons. The Labute approximate surface area is 101 Å². The molecule has 0 spiro atoms. The van der Waals surface area contributed by atoms with Crippen molar-refractivity contribution in [2.24, 2.45) is 0 Å². The van der Waals surface area contributed by atoms with Crippen LogP contribution in [0.4, 0.5) is 0 Å².